The van der Waals surface area contributed by atoms with Crippen molar-refractivity contribution in [1.82, 2.24) is 0 Å². The fourth-order valence-corrected chi connectivity index (χ4v) is 5.60. The first-order valence-corrected chi connectivity index (χ1v) is 12.6. The van der Waals surface area contributed by atoms with Gasteiger partial charge in [-0.2, -0.15) is 0 Å². The number of aliphatic carboxylic acids is 1. The first-order valence-electron chi connectivity index (χ1n) is 10.8. The highest BCUT2D eigenvalue weighted by molar-refractivity contribution is 7.92. The number of carboxylic acids is 1. The van der Waals surface area contributed by atoms with Crippen molar-refractivity contribution in [2.24, 2.45) is 0 Å². The Hall–Kier alpha value is -3.04. The lowest BCUT2D eigenvalue weighted by Gasteiger charge is -2.32. The number of aryl methyl sites for hydroxylation is 1. The predicted molar refractivity (Wildman–Crippen MR) is 127 cm³/mol. The number of carbonyl (C=O) groups is 1. The summed E-state index contributed by atoms with van der Waals surface area (Å²) in [4.78, 5) is 10.6. The minimum Gasteiger partial charge on any atom is -0.481 e. The second-order valence-corrected chi connectivity index (χ2v) is 10.2. The summed E-state index contributed by atoms with van der Waals surface area (Å²) in [5.74, 6) is -3.31. The summed E-state index contributed by atoms with van der Waals surface area (Å²) in [5.41, 5.74) is 0.313. The molecule has 0 fully saturated rings. The zero-order valence-corrected chi connectivity index (χ0v) is 20.3. The Morgan fingerprint density at radius 3 is 2.26 bits per heavy atom. The Morgan fingerprint density at radius 1 is 0.971 bits per heavy atom. The van der Waals surface area contributed by atoms with E-state index in [-0.39, 0.29) is 17.7 Å². The number of carboxylic acid groups (broad SMARTS) is 1. The molecule has 186 valence electrons. The van der Waals surface area contributed by atoms with E-state index in [0.29, 0.717) is 29.0 Å². The Bertz CT molecular complexity index is 1320. The van der Waals surface area contributed by atoms with Crippen LogP contribution in [0.25, 0.3) is 0 Å². The molecule has 0 amide bonds. The number of halogens is 4. The van der Waals surface area contributed by atoms with E-state index in [1.165, 1.54) is 43.3 Å². The Morgan fingerprint density at radius 2 is 1.60 bits per heavy atom. The van der Waals surface area contributed by atoms with Crippen LogP contribution in [0.5, 0.6) is 0 Å². The third-order valence-corrected chi connectivity index (χ3v) is 7.66. The molecule has 0 saturated carbocycles. The van der Waals surface area contributed by atoms with Crippen molar-refractivity contribution in [1.29, 1.82) is 0 Å². The van der Waals surface area contributed by atoms with Gasteiger partial charge in [-0.15, -0.1) is 0 Å². The normalized spacial score (nSPS) is 12.4. The minimum atomic E-state index is -4.42. The number of rotatable bonds is 10. The average Bonchev–Trinajstić information content (AvgIpc) is 2.79. The van der Waals surface area contributed by atoms with Gasteiger partial charge in [0.05, 0.1) is 16.6 Å². The van der Waals surface area contributed by atoms with Gasteiger partial charge in [-0.05, 0) is 85.8 Å². The number of benzene rings is 3. The van der Waals surface area contributed by atoms with Crippen molar-refractivity contribution in [3.8, 4) is 0 Å². The van der Waals surface area contributed by atoms with Gasteiger partial charge in [0, 0.05) is 17.5 Å². The monoisotopic (exact) mass is 525 g/mol. The molecule has 35 heavy (non-hydrogen) atoms. The van der Waals surface area contributed by atoms with Gasteiger partial charge in [-0.1, -0.05) is 17.7 Å². The van der Waals surface area contributed by atoms with E-state index in [1.54, 1.807) is 0 Å². The molecule has 0 aliphatic carbocycles. The van der Waals surface area contributed by atoms with Crippen LogP contribution >= 0.6 is 11.6 Å². The zero-order valence-electron chi connectivity index (χ0n) is 18.7. The molecule has 0 radical (unpaired) electrons. The number of unbranched alkanes of at least 4 members (excludes halogenated alkanes) is 1. The third kappa shape index (κ3) is 6.35. The summed E-state index contributed by atoms with van der Waals surface area (Å²) in [7, 11) is -4.42. The molecular weight excluding hydrogens is 503 g/mol. The topological polar surface area (TPSA) is 74.7 Å². The molecule has 3 aromatic rings. The van der Waals surface area contributed by atoms with Gasteiger partial charge >= 0.3 is 5.97 Å². The van der Waals surface area contributed by atoms with Gasteiger partial charge in [-0.3, -0.25) is 9.10 Å². The standard InChI is InChI=1S/C25H23ClF3NO4S/c1-16(22-12-8-19(27)14-17(22)4-2-3-5-25(31)32)30(24-15-20(28)9-13-23(24)29)35(33,34)21-10-6-18(26)7-11-21/h6-16H,2-5H2,1H3,(H,31,32)/t16-/m1/s1. The molecule has 0 aliphatic heterocycles. The smallest absolute Gasteiger partial charge is 0.303 e. The first kappa shape index (κ1) is 26.6. The molecule has 0 saturated heterocycles. The molecule has 1 atom stereocenters. The summed E-state index contributed by atoms with van der Waals surface area (Å²) in [6, 6.07) is 10.5. The van der Waals surface area contributed by atoms with Crippen LogP contribution in [-0.4, -0.2) is 19.5 Å². The summed E-state index contributed by atoms with van der Waals surface area (Å²) >= 11 is 5.89. The van der Waals surface area contributed by atoms with E-state index in [2.05, 4.69) is 0 Å². The van der Waals surface area contributed by atoms with Gasteiger partial charge in [0.1, 0.15) is 17.5 Å². The Labute approximate surface area is 206 Å². The van der Waals surface area contributed by atoms with Gasteiger partial charge in [-0.25, -0.2) is 21.6 Å². The summed E-state index contributed by atoms with van der Waals surface area (Å²) < 4.78 is 71.2. The van der Waals surface area contributed by atoms with Crippen LogP contribution in [0.1, 0.15) is 43.4 Å². The van der Waals surface area contributed by atoms with E-state index in [9.17, 15) is 26.4 Å². The summed E-state index contributed by atoms with van der Waals surface area (Å²) in [6.45, 7) is 1.49. The molecule has 0 heterocycles. The van der Waals surface area contributed by atoms with Gasteiger partial charge in [0.2, 0.25) is 0 Å². The molecule has 0 aromatic heterocycles. The van der Waals surface area contributed by atoms with Gasteiger partial charge in [0.15, 0.2) is 0 Å². The summed E-state index contributed by atoms with van der Waals surface area (Å²) in [6.07, 6.45) is 0.954. The van der Waals surface area contributed by atoms with Crippen molar-refractivity contribution < 1.29 is 31.5 Å². The number of nitrogens with zero attached hydrogens (tertiary/aromatic N) is 1. The van der Waals surface area contributed by atoms with Crippen LogP contribution in [0.15, 0.2) is 65.6 Å². The van der Waals surface area contributed by atoms with Crippen molar-refractivity contribution in [3.63, 3.8) is 0 Å². The molecule has 10 heteroatoms. The SMILES string of the molecule is C[C@H](c1ccc(F)cc1CCCCC(=O)O)N(c1cc(F)ccc1F)S(=O)(=O)c1ccc(Cl)cc1. The number of hydrogen-bond acceptors (Lipinski definition) is 3. The lowest BCUT2D eigenvalue weighted by Crippen LogP contribution is -2.35. The van der Waals surface area contributed by atoms with Crippen LogP contribution < -0.4 is 4.31 Å². The molecule has 3 rings (SSSR count). The van der Waals surface area contributed by atoms with Crippen molar-refractivity contribution in [3.05, 3.63) is 94.3 Å². The number of hydrogen-bond donors (Lipinski definition) is 1. The van der Waals surface area contributed by atoms with E-state index in [1.807, 2.05) is 0 Å². The lowest BCUT2D eigenvalue weighted by molar-refractivity contribution is -0.137. The zero-order chi connectivity index (χ0) is 25.8. The molecule has 0 unspecified atom stereocenters. The Kier molecular flexibility index (Phi) is 8.45. The second kappa shape index (κ2) is 11.1. The van der Waals surface area contributed by atoms with E-state index < -0.39 is 45.2 Å². The fourth-order valence-electron chi connectivity index (χ4n) is 3.84. The van der Waals surface area contributed by atoms with Crippen LogP contribution in [0.2, 0.25) is 5.02 Å². The molecule has 1 N–H and O–H groups in total. The van der Waals surface area contributed by atoms with Crippen molar-refractivity contribution >= 4 is 33.3 Å². The maximum atomic E-state index is 14.9. The highest BCUT2D eigenvalue weighted by Gasteiger charge is 2.33. The molecule has 0 spiro atoms. The fraction of sp³-hybridized carbons (Fsp3) is 0.240. The predicted octanol–water partition coefficient (Wildman–Crippen LogP) is 6.51. The molecular formula is C25H23ClF3NO4S. The third-order valence-electron chi connectivity index (χ3n) is 5.51. The quantitative estimate of drug-likeness (QED) is 0.306. The van der Waals surface area contributed by atoms with Crippen molar-refractivity contribution in [2.75, 3.05) is 4.31 Å². The largest absolute Gasteiger partial charge is 0.481 e. The lowest BCUT2D eigenvalue weighted by atomic mass is 9.96. The van der Waals surface area contributed by atoms with Crippen LogP contribution in [0.3, 0.4) is 0 Å². The van der Waals surface area contributed by atoms with E-state index >= 15 is 0 Å². The van der Waals surface area contributed by atoms with E-state index in [4.69, 9.17) is 16.7 Å². The average molecular weight is 526 g/mol. The molecule has 5 nitrogen and oxygen atoms in total. The molecule has 3 aromatic carbocycles. The molecule has 0 aliphatic rings. The van der Waals surface area contributed by atoms with Gasteiger partial charge < -0.3 is 5.11 Å². The highest BCUT2D eigenvalue weighted by atomic mass is 35.5. The minimum absolute atomic E-state index is 0.0637. The highest BCUT2D eigenvalue weighted by Crippen LogP contribution is 2.37. The first-order chi connectivity index (χ1) is 16.5. The number of anilines is 1. The second-order valence-electron chi connectivity index (χ2n) is 7.97. The van der Waals surface area contributed by atoms with Crippen LogP contribution in [0, 0.1) is 17.5 Å². The maximum absolute atomic E-state index is 14.9. The van der Waals surface area contributed by atoms with Crippen molar-refractivity contribution in [2.45, 2.75) is 43.5 Å². The molecule has 0 bridgehead atoms. The van der Waals surface area contributed by atoms with Crippen LogP contribution in [-0.2, 0) is 21.2 Å². The Balaban J connectivity index is 2.12. The van der Waals surface area contributed by atoms with E-state index in [0.717, 1.165) is 28.6 Å². The summed E-state index contributed by atoms with van der Waals surface area (Å²) in [5, 5.41) is 9.15. The number of sulfonamides is 1. The van der Waals surface area contributed by atoms with Crippen LogP contribution in [0.4, 0.5) is 18.9 Å². The maximum Gasteiger partial charge on any atom is 0.303 e. The van der Waals surface area contributed by atoms with Gasteiger partial charge in [0.25, 0.3) is 10.0 Å².